The van der Waals surface area contributed by atoms with Crippen molar-refractivity contribution in [3.8, 4) is 6.07 Å². The summed E-state index contributed by atoms with van der Waals surface area (Å²) in [7, 11) is 0. The Morgan fingerprint density at radius 3 is 2.41 bits per heavy atom. The van der Waals surface area contributed by atoms with Crippen LogP contribution in [-0.2, 0) is 9.53 Å². The van der Waals surface area contributed by atoms with Gasteiger partial charge in [-0.25, -0.2) is 0 Å². The van der Waals surface area contributed by atoms with E-state index in [4.69, 9.17) is 33.7 Å². The van der Waals surface area contributed by atoms with E-state index in [0.717, 1.165) is 11.1 Å². The average Bonchev–Trinajstić information content (AvgIpc) is 2.69. The number of ketones is 1. The molecule has 0 unspecified atom stereocenters. The SMILES string of the molecule is Cc1ccc([C@@H]2CC(=O)C3=C(C2)OC(N)=C(C#N)[C@@H]3c2ccc(Cl)c(Cl)c2)cc1. The molecule has 0 saturated heterocycles. The number of carbonyl (C=O) groups excluding carboxylic acids is 1. The van der Waals surface area contributed by atoms with Gasteiger partial charge in [-0.3, -0.25) is 4.79 Å². The number of hydrogen-bond acceptors (Lipinski definition) is 4. The molecule has 2 aromatic carbocycles. The van der Waals surface area contributed by atoms with Crippen LogP contribution >= 0.6 is 23.2 Å². The first-order chi connectivity index (χ1) is 13.9. The van der Waals surface area contributed by atoms with Gasteiger partial charge in [0.1, 0.15) is 17.4 Å². The lowest BCUT2D eigenvalue weighted by Crippen LogP contribution is -2.29. The highest BCUT2D eigenvalue weighted by Gasteiger charge is 2.41. The summed E-state index contributed by atoms with van der Waals surface area (Å²) >= 11 is 12.2. The number of nitrogens with zero attached hydrogens (tertiary/aromatic N) is 1. The van der Waals surface area contributed by atoms with Gasteiger partial charge in [-0.1, -0.05) is 59.1 Å². The number of nitrogens with two attached hydrogens (primary N) is 1. The van der Waals surface area contributed by atoms with Crippen LogP contribution in [0.1, 0.15) is 41.4 Å². The van der Waals surface area contributed by atoms with E-state index < -0.39 is 5.92 Å². The number of carbonyl (C=O) groups is 1. The van der Waals surface area contributed by atoms with Gasteiger partial charge >= 0.3 is 0 Å². The van der Waals surface area contributed by atoms with E-state index in [9.17, 15) is 10.1 Å². The normalized spacial score (nSPS) is 21.5. The number of rotatable bonds is 2. The molecule has 2 atom stereocenters. The standard InChI is InChI=1S/C23H18Cl2N2O2/c1-12-2-4-13(5-3-12)15-9-19(28)22-20(10-15)29-23(27)16(11-26)21(22)14-6-7-17(24)18(25)8-14/h2-8,15,21H,9-10,27H2,1H3/t15-,21+/m1/s1. The molecule has 0 aromatic heterocycles. The molecule has 4 nitrogen and oxygen atoms in total. The number of hydrogen-bond donors (Lipinski definition) is 1. The van der Waals surface area contributed by atoms with Gasteiger partial charge in [0.2, 0.25) is 5.88 Å². The quantitative estimate of drug-likeness (QED) is 0.689. The number of ether oxygens (including phenoxy) is 1. The summed E-state index contributed by atoms with van der Waals surface area (Å²) in [6.07, 6.45) is 0.892. The van der Waals surface area contributed by atoms with E-state index >= 15 is 0 Å². The summed E-state index contributed by atoms with van der Waals surface area (Å²) < 4.78 is 5.78. The molecule has 0 amide bonds. The Hall–Kier alpha value is -2.74. The number of benzene rings is 2. The van der Waals surface area contributed by atoms with E-state index in [-0.39, 0.29) is 23.2 Å². The maximum Gasteiger partial charge on any atom is 0.205 e. The second-order valence-corrected chi connectivity index (χ2v) is 8.19. The van der Waals surface area contributed by atoms with Crippen LogP contribution in [0.5, 0.6) is 0 Å². The molecule has 2 N–H and O–H groups in total. The maximum atomic E-state index is 13.2. The highest BCUT2D eigenvalue weighted by atomic mass is 35.5. The van der Waals surface area contributed by atoms with Gasteiger partial charge in [0.25, 0.3) is 0 Å². The molecule has 146 valence electrons. The first kappa shape index (κ1) is 19.6. The largest absolute Gasteiger partial charge is 0.444 e. The van der Waals surface area contributed by atoms with E-state index in [1.165, 1.54) is 0 Å². The molecule has 2 aliphatic rings. The van der Waals surface area contributed by atoms with Gasteiger partial charge < -0.3 is 10.5 Å². The van der Waals surface area contributed by atoms with Gasteiger partial charge in [0, 0.05) is 18.4 Å². The molecular weight excluding hydrogens is 407 g/mol. The van der Waals surface area contributed by atoms with E-state index in [1.54, 1.807) is 18.2 Å². The summed E-state index contributed by atoms with van der Waals surface area (Å²) in [6.45, 7) is 2.03. The van der Waals surface area contributed by atoms with Crippen molar-refractivity contribution in [3.63, 3.8) is 0 Å². The third-order valence-corrected chi connectivity index (χ3v) is 6.23. The van der Waals surface area contributed by atoms with Gasteiger partial charge in [0.05, 0.1) is 16.0 Å². The predicted octanol–water partition coefficient (Wildman–Crippen LogP) is 5.51. The molecule has 1 aliphatic carbocycles. The summed E-state index contributed by atoms with van der Waals surface area (Å²) in [6, 6.07) is 15.3. The van der Waals surface area contributed by atoms with Crippen LogP contribution in [0, 0.1) is 18.3 Å². The Balaban J connectivity index is 1.79. The minimum absolute atomic E-state index is 0.00717. The lowest BCUT2D eigenvalue weighted by molar-refractivity contribution is -0.117. The fourth-order valence-electron chi connectivity index (χ4n) is 4.01. The van der Waals surface area contributed by atoms with E-state index in [0.29, 0.717) is 39.8 Å². The molecule has 0 spiro atoms. The van der Waals surface area contributed by atoms with E-state index in [2.05, 4.69) is 6.07 Å². The summed E-state index contributed by atoms with van der Waals surface area (Å²) in [4.78, 5) is 13.2. The Labute approximate surface area is 179 Å². The third-order valence-electron chi connectivity index (χ3n) is 5.49. The molecule has 0 saturated carbocycles. The highest BCUT2D eigenvalue weighted by Crippen LogP contribution is 2.47. The van der Waals surface area contributed by atoms with Crippen molar-refractivity contribution < 1.29 is 9.53 Å². The molecular formula is C23H18Cl2N2O2. The fourth-order valence-corrected chi connectivity index (χ4v) is 4.31. The minimum Gasteiger partial charge on any atom is -0.444 e. The molecule has 29 heavy (non-hydrogen) atoms. The van der Waals surface area contributed by atoms with Crippen molar-refractivity contribution in [1.82, 2.24) is 0 Å². The van der Waals surface area contributed by atoms with Crippen molar-refractivity contribution in [1.29, 1.82) is 5.26 Å². The highest BCUT2D eigenvalue weighted by molar-refractivity contribution is 6.42. The van der Waals surface area contributed by atoms with Crippen LogP contribution < -0.4 is 5.73 Å². The molecule has 2 aromatic rings. The lowest BCUT2D eigenvalue weighted by Gasteiger charge is -2.34. The second-order valence-electron chi connectivity index (χ2n) is 7.37. The number of aryl methyl sites for hydroxylation is 1. The maximum absolute atomic E-state index is 13.2. The molecule has 1 heterocycles. The fraction of sp³-hybridized carbons (Fsp3) is 0.217. The molecule has 0 bridgehead atoms. The van der Waals surface area contributed by atoms with Gasteiger partial charge in [-0.05, 0) is 36.1 Å². The van der Waals surface area contributed by atoms with Crippen molar-refractivity contribution in [2.24, 2.45) is 5.73 Å². The van der Waals surface area contributed by atoms with Crippen LogP contribution in [0.15, 0.2) is 65.3 Å². The predicted molar refractivity (Wildman–Crippen MR) is 112 cm³/mol. The summed E-state index contributed by atoms with van der Waals surface area (Å²) in [5, 5.41) is 10.4. The number of Topliss-reactive ketones (excluding diaryl/α,β-unsaturated/α-hetero) is 1. The van der Waals surface area contributed by atoms with Gasteiger partial charge in [-0.15, -0.1) is 0 Å². The molecule has 1 aliphatic heterocycles. The number of allylic oxidation sites excluding steroid dienone is 3. The zero-order chi connectivity index (χ0) is 20.7. The monoisotopic (exact) mass is 424 g/mol. The topological polar surface area (TPSA) is 76.1 Å². The number of nitriles is 1. The molecule has 0 fully saturated rings. The second kappa shape index (κ2) is 7.59. The van der Waals surface area contributed by atoms with Crippen LogP contribution in [0.25, 0.3) is 0 Å². The smallest absolute Gasteiger partial charge is 0.205 e. The first-order valence-electron chi connectivity index (χ1n) is 9.24. The Morgan fingerprint density at radius 2 is 1.76 bits per heavy atom. The van der Waals surface area contributed by atoms with Crippen LogP contribution in [0.2, 0.25) is 10.0 Å². The summed E-state index contributed by atoms with van der Waals surface area (Å²) in [5.74, 6) is -0.0926. The van der Waals surface area contributed by atoms with Gasteiger partial charge in [-0.2, -0.15) is 5.26 Å². The lowest BCUT2D eigenvalue weighted by atomic mass is 9.73. The van der Waals surface area contributed by atoms with Gasteiger partial charge in [0.15, 0.2) is 5.78 Å². The Bertz CT molecular complexity index is 1110. The zero-order valence-corrected chi connectivity index (χ0v) is 17.2. The van der Waals surface area contributed by atoms with Crippen molar-refractivity contribution >= 4 is 29.0 Å². The molecule has 6 heteroatoms. The third kappa shape index (κ3) is 3.53. The minimum atomic E-state index is -0.606. The average molecular weight is 425 g/mol. The first-order valence-corrected chi connectivity index (χ1v) is 10.00. The van der Waals surface area contributed by atoms with E-state index in [1.807, 2.05) is 31.2 Å². The summed E-state index contributed by atoms with van der Waals surface area (Å²) in [5.41, 5.74) is 9.70. The molecule has 4 rings (SSSR count). The van der Waals surface area contributed by atoms with Crippen molar-refractivity contribution in [2.75, 3.05) is 0 Å². The van der Waals surface area contributed by atoms with Crippen molar-refractivity contribution in [2.45, 2.75) is 31.6 Å². The number of halogens is 2. The van der Waals surface area contributed by atoms with Crippen LogP contribution in [0.3, 0.4) is 0 Å². The zero-order valence-electron chi connectivity index (χ0n) is 15.7. The Morgan fingerprint density at radius 1 is 1.07 bits per heavy atom. The van der Waals surface area contributed by atoms with Crippen LogP contribution in [0.4, 0.5) is 0 Å². The van der Waals surface area contributed by atoms with Crippen molar-refractivity contribution in [3.05, 3.63) is 92.0 Å². The molecule has 0 radical (unpaired) electrons. The van der Waals surface area contributed by atoms with Crippen LogP contribution in [-0.4, -0.2) is 5.78 Å². The Kier molecular flexibility index (Phi) is 5.12.